The fourth-order valence-electron chi connectivity index (χ4n) is 1.14. The smallest absolute Gasteiger partial charge is 0.131 e. The SMILES string of the molecule is O=CC1(c2ccc(Br)s2)CC1. The number of hydrogen-bond acceptors (Lipinski definition) is 2. The Labute approximate surface area is 77.6 Å². The second kappa shape index (κ2) is 2.42. The van der Waals surface area contributed by atoms with Gasteiger partial charge < -0.3 is 4.79 Å². The third kappa shape index (κ3) is 1.16. The van der Waals surface area contributed by atoms with Crippen molar-refractivity contribution < 1.29 is 4.79 Å². The van der Waals surface area contributed by atoms with E-state index in [0.29, 0.717) is 0 Å². The molecule has 1 saturated carbocycles. The molecule has 1 fully saturated rings. The van der Waals surface area contributed by atoms with Crippen LogP contribution >= 0.6 is 27.3 Å². The van der Waals surface area contributed by atoms with Crippen molar-refractivity contribution in [2.45, 2.75) is 18.3 Å². The Morgan fingerprint density at radius 1 is 1.55 bits per heavy atom. The fourth-order valence-corrected chi connectivity index (χ4v) is 2.73. The Kier molecular flexibility index (Phi) is 1.65. The molecule has 1 aliphatic rings. The summed E-state index contributed by atoms with van der Waals surface area (Å²) in [6.07, 6.45) is 3.15. The average molecular weight is 231 g/mol. The Bertz CT molecular complexity index is 288. The Hall–Kier alpha value is -0.150. The summed E-state index contributed by atoms with van der Waals surface area (Å²) in [5.41, 5.74) is -0.0866. The highest BCUT2D eigenvalue weighted by atomic mass is 79.9. The van der Waals surface area contributed by atoms with Gasteiger partial charge >= 0.3 is 0 Å². The van der Waals surface area contributed by atoms with Gasteiger partial charge in [0, 0.05) is 4.88 Å². The maximum Gasteiger partial charge on any atom is 0.131 e. The van der Waals surface area contributed by atoms with Gasteiger partial charge in [-0.1, -0.05) is 0 Å². The first-order valence-corrected chi connectivity index (χ1v) is 5.10. The summed E-state index contributed by atoms with van der Waals surface area (Å²) in [4.78, 5) is 11.9. The Balaban J connectivity index is 2.36. The van der Waals surface area contributed by atoms with Crippen LogP contribution < -0.4 is 0 Å². The molecule has 1 heterocycles. The number of halogens is 1. The molecule has 0 spiro atoms. The topological polar surface area (TPSA) is 17.1 Å². The summed E-state index contributed by atoms with van der Waals surface area (Å²) in [6, 6.07) is 4.04. The minimum Gasteiger partial charge on any atom is -0.302 e. The third-order valence-electron chi connectivity index (χ3n) is 2.08. The molecule has 3 heteroatoms. The van der Waals surface area contributed by atoms with Crippen molar-refractivity contribution in [1.29, 1.82) is 0 Å². The molecule has 0 atom stereocenters. The van der Waals surface area contributed by atoms with E-state index in [2.05, 4.69) is 15.9 Å². The average Bonchev–Trinajstić information content (AvgIpc) is 2.70. The zero-order valence-electron chi connectivity index (χ0n) is 5.84. The molecule has 2 rings (SSSR count). The highest BCUT2D eigenvalue weighted by Crippen LogP contribution is 2.49. The minimum atomic E-state index is -0.0866. The van der Waals surface area contributed by atoms with E-state index >= 15 is 0 Å². The summed E-state index contributed by atoms with van der Waals surface area (Å²) >= 11 is 5.05. The molecule has 0 saturated heterocycles. The first-order chi connectivity index (χ1) is 5.27. The van der Waals surface area contributed by atoms with Crippen LogP contribution in [-0.4, -0.2) is 6.29 Å². The van der Waals surface area contributed by atoms with Crippen LogP contribution in [0.2, 0.25) is 0 Å². The fraction of sp³-hybridized carbons (Fsp3) is 0.375. The molecule has 0 aliphatic heterocycles. The molecule has 0 radical (unpaired) electrons. The molecule has 0 amide bonds. The van der Waals surface area contributed by atoms with Crippen LogP contribution in [0.5, 0.6) is 0 Å². The maximum atomic E-state index is 10.7. The maximum absolute atomic E-state index is 10.7. The normalized spacial score (nSPS) is 19.7. The molecule has 1 aromatic rings. The summed E-state index contributed by atoms with van der Waals surface area (Å²) in [5, 5.41) is 0. The molecule has 1 nitrogen and oxygen atoms in total. The van der Waals surface area contributed by atoms with Crippen LogP contribution in [0, 0.1) is 0 Å². The van der Waals surface area contributed by atoms with E-state index in [4.69, 9.17) is 0 Å². The zero-order chi connectivity index (χ0) is 7.90. The van der Waals surface area contributed by atoms with Crippen molar-refractivity contribution in [3.8, 4) is 0 Å². The molecular formula is C8H7BrOS. The van der Waals surface area contributed by atoms with Crippen LogP contribution in [0.1, 0.15) is 17.7 Å². The Morgan fingerprint density at radius 3 is 2.64 bits per heavy atom. The van der Waals surface area contributed by atoms with Gasteiger partial charge in [-0.05, 0) is 40.9 Å². The van der Waals surface area contributed by atoms with Crippen LogP contribution in [0.4, 0.5) is 0 Å². The monoisotopic (exact) mass is 230 g/mol. The van der Waals surface area contributed by atoms with Gasteiger partial charge in [0.2, 0.25) is 0 Å². The second-order valence-electron chi connectivity index (χ2n) is 2.88. The van der Waals surface area contributed by atoms with E-state index in [9.17, 15) is 4.79 Å². The van der Waals surface area contributed by atoms with Crippen molar-refractivity contribution in [2.24, 2.45) is 0 Å². The van der Waals surface area contributed by atoms with Gasteiger partial charge in [-0.2, -0.15) is 0 Å². The Morgan fingerprint density at radius 2 is 2.27 bits per heavy atom. The zero-order valence-corrected chi connectivity index (χ0v) is 8.24. The van der Waals surface area contributed by atoms with Gasteiger partial charge in [0.05, 0.1) is 9.20 Å². The minimum absolute atomic E-state index is 0.0866. The number of thiophene rings is 1. The summed E-state index contributed by atoms with van der Waals surface area (Å²) in [7, 11) is 0. The number of carbonyl (C=O) groups excluding carboxylic acids is 1. The van der Waals surface area contributed by atoms with Crippen LogP contribution in [0.25, 0.3) is 0 Å². The van der Waals surface area contributed by atoms with E-state index < -0.39 is 0 Å². The molecule has 1 aliphatic carbocycles. The summed E-state index contributed by atoms with van der Waals surface area (Å²) in [5.74, 6) is 0. The van der Waals surface area contributed by atoms with Crippen molar-refractivity contribution >= 4 is 33.6 Å². The van der Waals surface area contributed by atoms with Crippen LogP contribution in [0.15, 0.2) is 15.9 Å². The van der Waals surface area contributed by atoms with Gasteiger partial charge in [0.1, 0.15) is 6.29 Å². The van der Waals surface area contributed by atoms with Gasteiger partial charge in [-0.25, -0.2) is 0 Å². The van der Waals surface area contributed by atoms with Gasteiger partial charge in [0.25, 0.3) is 0 Å². The first kappa shape index (κ1) is 7.50. The molecule has 0 N–H and O–H groups in total. The van der Waals surface area contributed by atoms with Crippen molar-refractivity contribution in [2.75, 3.05) is 0 Å². The molecule has 0 aromatic carbocycles. The second-order valence-corrected chi connectivity index (χ2v) is 5.34. The molecule has 0 bridgehead atoms. The lowest BCUT2D eigenvalue weighted by Crippen LogP contribution is -2.04. The number of hydrogen-bond donors (Lipinski definition) is 0. The molecule has 11 heavy (non-hydrogen) atoms. The lowest BCUT2D eigenvalue weighted by Gasteiger charge is -1.99. The molecular weight excluding hydrogens is 224 g/mol. The van der Waals surface area contributed by atoms with Gasteiger partial charge in [-0.3, -0.25) is 0 Å². The summed E-state index contributed by atoms with van der Waals surface area (Å²) < 4.78 is 1.11. The van der Waals surface area contributed by atoms with Crippen LogP contribution in [0.3, 0.4) is 0 Å². The molecule has 0 unspecified atom stereocenters. The van der Waals surface area contributed by atoms with Crippen molar-refractivity contribution in [3.05, 3.63) is 20.8 Å². The van der Waals surface area contributed by atoms with Crippen molar-refractivity contribution in [3.63, 3.8) is 0 Å². The van der Waals surface area contributed by atoms with Gasteiger partial charge in [0.15, 0.2) is 0 Å². The summed E-state index contributed by atoms with van der Waals surface area (Å²) in [6.45, 7) is 0. The highest BCUT2D eigenvalue weighted by molar-refractivity contribution is 9.11. The lowest BCUT2D eigenvalue weighted by molar-refractivity contribution is -0.109. The largest absolute Gasteiger partial charge is 0.302 e. The van der Waals surface area contributed by atoms with E-state index in [1.54, 1.807) is 11.3 Å². The number of rotatable bonds is 2. The molecule has 1 aromatic heterocycles. The van der Waals surface area contributed by atoms with Crippen molar-refractivity contribution in [1.82, 2.24) is 0 Å². The number of aldehydes is 1. The lowest BCUT2D eigenvalue weighted by atomic mass is 10.1. The third-order valence-corrected chi connectivity index (χ3v) is 3.92. The molecule has 58 valence electrons. The predicted molar refractivity (Wildman–Crippen MR) is 49.0 cm³/mol. The first-order valence-electron chi connectivity index (χ1n) is 3.49. The van der Waals surface area contributed by atoms with E-state index in [-0.39, 0.29) is 5.41 Å². The van der Waals surface area contributed by atoms with E-state index in [1.165, 1.54) is 4.88 Å². The highest BCUT2D eigenvalue weighted by Gasteiger charge is 2.45. The van der Waals surface area contributed by atoms with Gasteiger partial charge in [-0.15, -0.1) is 11.3 Å². The quantitative estimate of drug-likeness (QED) is 0.715. The number of carbonyl (C=O) groups is 1. The van der Waals surface area contributed by atoms with E-state index in [0.717, 1.165) is 22.9 Å². The van der Waals surface area contributed by atoms with E-state index in [1.807, 2.05) is 12.1 Å². The van der Waals surface area contributed by atoms with Crippen LogP contribution in [-0.2, 0) is 10.2 Å². The predicted octanol–water partition coefficient (Wildman–Crippen LogP) is 2.74. The standard InChI is InChI=1S/C8H7BrOS/c9-7-2-1-6(11-7)8(5-10)3-4-8/h1-2,5H,3-4H2.